The van der Waals surface area contributed by atoms with E-state index in [1.54, 1.807) is 42.8 Å². The van der Waals surface area contributed by atoms with Crippen molar-refractivity contribution in [3.63, 3.8) is 0 Å². The highest BCUT2D eigenvalue weighted by atomic mass is 32.1. The number of ether oxygens (including phenoxy) is 1. The quantitative estimate of drug-likeness (QED) is 0.585. The summed E-state index contributed by atoms with van der Waals surface area (Å²) >= 11 is 1.56. The number of thiazole rings is 1. The van der Waals surface area contributed by atoms with Crippen molar-refractivity contribution in [2.75, 3.05) is 19.6 Å². The van der Waals surface area contributed by atoms with Crippen LogP contribution in [0.3, 0.4) is 0 Å². The molecule has 8 heteroatoms. The molecule has 2 aromatic rings. The van der Waals surface area contributed by atoms with E-state index in [0.717, 1.165) is 21.7 Å². The van der Waals surface area contributed by atoms with E-state index in [1.807, 2.05) is 0 Å². The van der Waals surface area contributed by atoms with Gasteiger partial charge < -0.3 is 13.8 Å². The van der Waals surface area contributed by atoms with Crippen molar-refractivity contribution < 1.29 is 18.3 Å². The van der Waals surface area contributed by atoms with Crippen LogP contribution < -0.4 is 4.74 Å². The Kier molecular flexibility index (Phi) is 5.02. The minimum Gasteiger partial charge on any atom is -0.480 e. The van der Waals surface area contributed by atoms with Crippen LogP contribution >= 0.6 is 18.9 Å². The van der Waals surface area contributed by atoms with E-state index in [-0.39, 0.29) is 19.6 Å². The van der Waals surface area contributed by atoms with Crippen molar-refractivity contribution >= 4 is 18.9 Å². The fourth-order valence-electron chi connectivity index (χ4n) is 2.71. The zero-order chi connectivity index (χ0) is 17.2. The van der Waals surface area contributed by atoms with Crippen LogP contribution in [0.1, 0.15) is 29.9 Å². The summed E-state index contributed by atoms with van der Waals surface area (Å²) in [5.41, 5.74) is 4.95. The Morgan fingerprint density at radius 1 is 1.33 bits per heavy atom. The highest BCUT2D eigenvalue weighted by molar-refractivity contribution is 7.53. The molecule has 0 bridgehead atoms. The first kappa shape index (κ1) is 17.1. The molecule has 0 saturated carbocycles. The molecule has 0 atom stereocenters. The lowest BCUT2D eigenvalue weighted by Crippen LogP contribution is -2.06. The summed E-state index contributed by atoms with van der Waals surface area (Å²) in [5.74, 6) is 0.549. The van der Waals surface area contributed by atoms with Crippen molar-refractivity contribution in [1.82, 2.24) is 4.98 Å². The number of fused-ring (bicyclic) bond motifs is 3. The summed E-state index contributed by atoms with van der Waals surface area (Å²) in [6.07, 6.45) is 0.497. The minimum absolute atomic E-state index is 0.174. The SMILES string of the molecule is CCOP(=O)(COc1ccc(C#N)c2c1-c1ncsc1C2)OCC. The van der Waals surface area contributed by atoms with Crippen molar-refractivity contribution in [3.8, 4) is 23.1 Å². The minimum atomic E-state index is -3.30. The highest BCUT2D eigenvalue weighted by Gasteiger charge is 2.30. The maximum absolute atomic E-state index is 12.6. The van der Waals surface area contributed by atoms with Crippen LogP contribution in [0.5, 0.6) is 5.75 Å². The predicted octanol–water partition coefficient (Wildman–Crippen LogP) is 4.19. The number of rotatable bonds is 7. The molecule has 0 amide bonds. The molecule has 0 unspecified atom stereocenters. The second-order valence-corrected chi connectivity index (χ2v) is 8.03. The van der Waals surface area contributed by atoms with Crippen LogP contribution in [0.2, 0.25) is 0 Å². The van der Waals surface area contributed by atoms with Gasteiger partial charge in [-0.1, -0.05) is 0 Å². The Bertz CT molecular complexity index is 833. The molecule has 3 rings (SSSR count). The molecule has 24 heavy (non-hydrogen) atoms. The molecule has 0 fully saturated rings. The third-order valence-electron chi connectivity index (χ3n) is 3.64. The first-order chi connectivity index (χ1) is 11.6. The van der Waals surface area contributed by atoms with Crippen molar-refractivity contribution in [2.24, 2.45) is 0 Å². The Morgan fingerprint density at radius 2 is 2.08 bits per heavy atom. The molecule has 1 aromatic carbocycles. The smallest absolute Gasteiger partial charge is 0.367 e. The number of benzene rings is 1. The third kappa shape index (κ3) is 3.11. The van der Waals surface area contributed by atoms with Gasteiger partial charge in [0, 0.05) is 16.9 Å². The number of aromatic nitrogens is 1. The van der Waals surface area contributed by atoms with Gasteiger partial charge in [0.05, 0.1) is 36.1 Å². The zero-order valence-corrected chi connectivity index (χ0v) is 15.2. The molecule has 126 valence electrons. The predicted molar refractivity (Wildman–Crippen MR) is 91.4 cm³/mol. The van der Waals surface area contributed by atoms with E-state index in [9.17, 15) is 9.83 Å². The van der Waals surface area contributed by atoms with Crippen LogP contribution in [-0.4, -0.2) is 24.5 Å². The van der Waals surface area contributed by atoms with E-state index in [0.29, 0.717) is 17.7 Å². The Labute approximate surface area is 144 Å². The van der Waals surface area contributed by atoms with Gasteiger partial charge in [-0.15, -0.1) is 11.3 Å². The molecule has 0 saturated heterocycles. The highest BCUT2D eigenvalue weighted by Crippen LogP contribution is 2.50. The fraction of sp³-hybridized carbons (Fsp3) is 0.375. The Balaban J connectivity index is 1.92. The maximum atomic E-state index is 12.6. The second kappa shape index (κ2) is 7.04. The lowest BCUT2D eigenvalue weighted by atomic mass is 10.0. The van der Waals surface area contributed by atoms with Gasteiger partial charge in [0.2, 0.25) is 0 Å². The summed E-state index contributed by atoms with van der Waals surface area (Å²) < 4.78 is 28.9. The topological polar surface area (TPSA) is 81.4 Å². The van der Waals surface area contributed by atoms with Gasteiger partial charge in [0.15, 0.2) is 6.35 Å². The van der Waals surface area contributed by atoms with Crippen LogP contribution in [0.4, 0.5) is 0 Å². The standard InChI is InChI=1S/C16H17N2O4PS/c1-3-21-23(19,22-4-2)10-20-13-6-5-11(8-17)12-7-14-16(15(12)13)18-9-24-14/h5-6,9H,3-4,7,10H2,1-2H3. The van der Waals surface area contributed by atoms with Crippen molar-refractivity contribution in [3.05, 3.63) is 33.6 Å². The van der Waals surface area contributed by atoms with Gasteiger partial charge in [-0.25, -0.2) is 4.98 Å². The second-order valence-electron chi connectivity index (χ2n) is 5.10. The lowest BCUT2D eigenvalue weighted by molar-refractivity contribution is 0.197. The van der Waals surface area contributed by atoms with Crippen LogP contribution in [-0.2, 0) is 20.0 Å². The first-order valence-electron chi connectivity index (χ1n) is 7.61. The Morgan fingerprint density at radius 3 is 2.75 bits per heavy atom. The van der Waals surface area contributed by atoms with Gasteiger partial charge in [-0.3, -0.25) is 4.57 Å². The molecular formula is C16H17N2O4PS. The molecular weight excluding hydrogens is 347 g/mol. The number of nitriles is 1. The number of hydrogen-bond acceptors (Lipinski definition) is 7. The fourth-order valence-corrected chi connectivity index (χ4v) is 4.80. The van der Waals surface area contributed by atoms with E-state index in [2.05, 4.69) is 11.1 Å². The van der Waals surface area contributed by atoms with Gasteiger partial charge >= 0.3 is 7.60 Å². The lowest BCUT2D eigenvalue weighted by Gasteiger charge is -2.18. The molecule has 0 aliphatic heterocycles. The van der Waals surface area contributed by atoms with Gasteiger partial charge in [-0.05, 0) is 31.5 Å². The molecule has 1 aliphatic carbocycles. The largest absolute Gasteiger partial charge is 0.480 e. The van der Waals surface area contributed by atoms with Gasteiger partial charge in [0.25, 0.3) is 0 Å². The molecule has 1 heterocycles. The van der Waals surface area contributed by atoms with E-state index in [4.69, 9.17) is 13.8 Å². The normalized spacial score (nSPS) is 12.5. The average Bonchev–Trinajstić information content (AvgIpc) is 3.14. The molecule has 1 aliphatic rings. The van der Waals surface area contributed by atoms with Crippen LogP contribution in [0, 0.1) is 11.3 Å². The molecule has 0 radical (unpaired) electrons. The summed E-state index contributed by atoms with van der Waals surface area (Å²) in [6.45, 7) is 4.07. The van der Waals surface area contributed by atoms with E-state index < -0.39 is 7.60 Å². The molecule has 0 spiro atoms. The Hall–Kier alpha value is -1.71. The third-order valence-corrected chi connectivity index (χ3v) is 6.22. The molecule has 6 nitrogen and oxygen atoms in total. The summed E-state index contributed by atoms with van der Waals surface area (Å²) in [6, 6.07) is 5.64. The number of nitrogens with zero attached hydrogens (tertiary/aromatic N) is 2. The van der Waals surface area contributed by atoms with Crippen molar-refractivity contribution in [2.45, 2.75) is 20.3 Å². The first-order valence-corrected chi connectivity index (χ1v) is 10.2. The van der Waals surface area contributed by atoms with E-state index >= 15 is 0 Å². The molecule has 0 N–H and O–H groups in total. The summed E-state index contributed by atoms with van der Waals surface area (Å²) in [7, 11) is -3.30. The average molecular weight is 364 g/mol. The van der Waals surface area contributed by atoms with Gasteiger partial charge in [0.1, 0.15) is 5.75 Å². The zero-order valence-electron chi connectivity index (χ0n) is 13.4. The van der Waals surface area contributed by atoms with Gasteiger partial charge in [-0.2, -0.15) is 5.26 Å². The number of hydrogen-bond donors (Lipinski definition) is 0. The molecule has 1 aromatic heterocycles. The van der Waals surface area contributed by atoms with Crippen LogP contribution in [0.15, 0.2) is 17.6 Å². The summed E-state index contributed by atoms with van der Waals surface area (Å²) in [5, 5.41) is 9.32. The van der Waals surface area contributed by atoms with E-state index in [1.165, 1.54) is 0 Å². The van der Waals surface area contributed by atoms with Crippen molar-refractivity contribution in [1.29, 1.82) is 5.26 Å². The van der Waals surface area contributed by atoms with Crippen LogP contribution in [0.25, 0.3) is 11.3 Å². The summed E-state index contributed by atoms with van der Waals surface area (Å²) in [4.78, 5) is 5.50. The monoisotopic (exact) mass is 364 g/mol. The maximum Gasteiger partial charge on any atom is 0.367 e.